The molecule has 0 radical (unpaired) electrons. The van der Waals surface area contributed by atoms with E-state index in [1.807, 2.05) is 0 Å². The van der Waals surface area contributed by atoms with Crippen molar-refractivity contribution >= 4 is 27.3 Å². The Balaban J connectivity index is 2.11. The van der Waals surface area contributed by atoms with Gasteiger partial charge in [-0.1, -0.05) is 31.5 Å². The number of piperidine rings is 1. The van der Waals surface area contributed by atoms with Crippen LogP contribution < -0.4 is 0 Å². The Kier molecular flexibility index (Phi) is 4.94. The molecule has 1 aromatic carbocycles. The van der Waals surface area contributed by atoms with Crippen molar-refractivity contribution in [2.24, 2.45) is 11.8 Å². The van der Waals surface area contributed by atoms with Crippen molar-refractivity contribution in [3.63, 3.8) is 0 Å². The van der Waals surface area contributed by atoms with Crippen LogP contribution >= 0.6 is 11.6 Å². The Hall–Kier alpha value is -1.07. The molecule has 0 saturated carbocycles. The molecule has 1 aliphatic rings. The SMILES string of the molecule is C[C@H]1C[C@H](C)CN(C(=O)CS(=O)(=O)c2cccc(Cl)c2)C1. The standard InChI is InChI=1S/C15H20ClNO3S/c1-11-6-12(2)9-17(8-11)15(18)10-21(19,20)14-5-3-4-13(16)7-14/h3-5,7,11-12H,6,8-10H2,1-2H3/t11-,12-/m0/s1. The van der Waals surface area contributed by atoms with E-state index in [1.54, 1.807) is 17.0 Å². The van der Waals surface area contributed by atoms with Crippen LogP contribution in [0.25, 0.3) is 0 Å². The van der Waals surface area contributed by atoms with Crippen molar-refractivity contribution in [3.8, 4) is 0 Å². The maximum absolute atomic E-state index is 12.3. The Labute approximate surface area is 131 Å². The molecule has 1 amide bonds. The molecule has 0 aliphatic carbocycles. The lowest BCUT2D eigenvalue weighted by atomic mass is 9.92. The summed E-state index contributed by atoms with van der Waals surface area (Å²) in [6.07, 6.45) is 1.07. The number of sulfone groups is 1. The van der Waals surface area contributed by atoms with Gasteiger partial charge in [-0.3, -0.25) is 4.79 Å². The molecule has 0 aromatic heterocycles. The van der Waals surface area contributed by atoms with Crippen molar-refractivity contribution in [3.05, 3.63) is 29.3 Å². The van der Waals surface area contributed by atoms with Gasteiger partial charge in [-0.05, 0) is 36.5 Å². The maximum atomic E-state index is 12.3. The number of benzene rings is 1. The largest absolute Gasteiger partial charge is 0.341 e. The molecule has 1 aliphatic heterocycles. The van der Waals surface area contributed by atoms with Gasteiger partial charge in [0.05, 0.1) is 4.90 Å². The average molecular weight is 330 g/mol. The van der Waals surface area contributed by atoms with E-state index >= 15 is 0 Å². The predicted octanol–water partition coefficient (Wildman–Crippen LogP) is 2.62. The second-order valence-electron chi connectivity index (χ2n) is 5.96. The quantitative estimate of drug-likeness (QED) is 0.856. The van der Waals surface area contributed by atoms with Gasteiger partial charge >= 0.3 is 0 Å². The topological polar surface area (TPSA) is 54.5 Å². The molecule has 0 N–H and O–H groups in total. The summed E-state index contributed by atoms with van der Waals surface area (Å²) in [6, 6.07) is 6.03. The minimum atomic E-state index is -3.64. The molecule has 0 spiro atoms. The fourth-order valence-corrected chi connectivity index (χ4v) is 4.39. The number of rotatable bonds is 3. The highest BCUT2D eigenvalue weighted by molar-refractivity contribution is 7.92. The number of hydrogen-bond donors (Lipinski definition) is 0. The van der Waals surface area contributed by atoms with E-state index in [1.165, 1.54) is 12.1 Å². The number of halogens is 1. The van der Waals surface area contributed by atoms with Gasteiger partial charge in [0, 0.05) is 18.1 Å². The molecule has 6 heteroatoms. The molecule has 1 heterocycles. The summed E-state index contributed by atoms with van der Waals surface area (Å²) in [4.78, 5) is 14.0. The van der Waals surface area contributed by atoms with Gasteiger partial charge in [0.2, 0.25) is 5.91 Å². The lowest BCUT2D eigenvalue weighted by molar-refractivity contribution is -0.131. The molecule has 116 valence electrons. The van der Waals surface area contributed by atoms with Crippen LogP contribution in [-0.2, 0) is 14.6 Å². The second kappa shape index (κ2) is 6.36. The molecule has 1 aromatic rings. The molecule has 21 heavy (non-hydrogen) atoms. The van der Waals surface area contributed by atoms with Crippen LogP contribution in [0.3, 0.4) is 0 Å². The van der Waals surface area contributed by atoms with E-state index in [4.69, 9.17) is 11.6 Å². The molecule has 2 atom stereocenters. The Bertz CT molecular complexity index is 620. The third-order valence-electron chi connectivity index (χ3n) is 3.69. The smallest absolute Gasteiger partial charge is 0.238 e. The third kappa shape index (κ3) is 4.20. The fourth-order valence-electron chi connectivity index (χ4n) is 2.86. The Morgan fingerprint density at radius 1 is 1.29 bits per heavy atom. The zero-order valence-electron chi connectivity index (χ0n) is 12.3. The molecule has 0 bridgehead atoms. The van der Waals surface area contributed by atoms with E-state index in [-0.39, 0.29) is 10.8 Å². The molecular formula is C15H20ClNO3S. The second-order valence-corrected chi connectivity index (χ2v) is 8.39. The highest BCUT2D eigenvalue weighted by Gasteiger charge is 2.29. The van der Waals surface area contributed by atoms with Crippen LogP contribution in [0.5, 0.6) is 0 Å². The third-order valence-corrected chi connectivity index (χ3v) is 5.52. The van der Waals surface area contributed by atoms with Gasteiger partial charge in [0.25, 0.3) is 0 Å². The van der Waals surface area contributed by atoms with Crippen molar-refractivity contribution < 1.29 is 13.2 Å². The Morgan fingerprint density at radius 2 is 1.90 bits per heavy atom. The first kappa shape index (κ1) is 16.3. The van der Waals surface area contributed by atoms with E-state index in [9.17, 15) is 13.2 Å². The number of carbonyl (C=O) groups excluding carboxylic acids is 1. The fraction of sp³-hybridized carbons (Fsp3) is 0.533. The number of likely N-dealkylation sites (tertiary alicyclic amines) is 1. The number of amides is 1. The first-order chi connectivity index (χ1) is 9.78. The van der Waals surface area contributed by atoms with Crippen LogP contribution in [0.15, 0.2) is 29.2 Å². The van der Waals surface area contributed by atoms with Crippen LogP contribution in [0, 0.1) is 11.8 Å². The zero-order chi connectivity index (χ0) is 15.6. The van der Waals surface area contributed by atoms with Crippen LogP contribution in [0.2, 0.25) is 5.02 Å². The van der Waals surface area contributed by atoms with Crippen molar-refractivity contribution in [2.45, 2.75) is 25.2 Å². The summed E-state index contributed by atoms with van der Waals surface area (Å²) < 4.78 is 24.6. The number of hydrogen-bond acceptors (Lipinski definition) is 3. The van der Waals surface area contributed by atoms with E-state index in [0.717, 1.165) is 6.42 Å². The molecule has 1 saturated heterocycles. The highest BCUT2D eigenvalue weighted by Crippen LogP contribution is 2.22. The highest BCUT2D eigenvalue weighted by atomic mass is 35.5. The molecule has 1 fully saturated rings. The van der Waals surface area contributed by atoms with Crippen LogP contribution in [0.1, 0.15) is 20.3 Å². The molecular weight excluding hydrogens is 310 g/mol. The van der Waals surface area contributed by atoms with Gasteiger partial charge in [-0.2, -0.15) is 0 Å². The first-order valence-corrected chi connectivity index (χ1v) is 9.07. The summed E-state index contributed by atoms with van der Waals surface area (Å²) in [7, 11) is -3.64. The molecule has 4 nitrogen and oxygen atoms in total. The summed E-state index contributed by atoms with van der Waals surface area (Å²) in [6.45, 7) is 5.44. The minimum Gasteiger partial charge on any atom is -0.341 e. The summed E-state index contributed by atoms with van der Waals surface area (Å²) in [5.74, 6) is -0.00112. The van der Waals surface area contributed by atoms with Crippen LogP contribution in [0.4, 0.5) is 0 Å². The number of carbonyl (C=O) groups is 1. The summed E-state index contributed by atoms with van der Waals surface area (Å²) in [5.41, 5.74) is 0. The average Bonchev–Trinajstić information content (AvgIpc) is 2.37. The van der Waals surface area contributed by atoms with Gasteiger partial charge in [0.1, 0.15) is 5.75 Å². The van der Waals surface area contributed by atoms with Gasteiger partial charge in [-0.25, -0.2) is 8.42 Å². The van der Waals surface area contributed by atoms with E-state index in [2.05, 4.69) is 13.8 Å². The van der Waals surface area contributed by atoms with E-state index in [0.29, 0.717) is 29.9 Å². The van der Waals surface area contributed by atoms with Gasteiger partial charge < -0.3 is 4.90 Å². The lowest BCUT2D eigenvalue weighted by Crippen LogP contribution is -2.44. The van der Waals surface area contributed by atoms with E-state index < -0.39 is 15.6 Å². The van der Waals surface area contributed by atoms with Crippen LogP contribution in [-0.4, -0.2) is 38.1 Å². The molecule has 0 unspecified atom stereocenters. The number of nitrogens with zero attached hydrogens (tertiary/aromatic N) is 1. The summed E-state index contributed by atoms with van der Waals surface area (Å²) in [5, 5.41) is 0.351. The van der Waals surface area contributed by atoms with Gasteiger partial charge in [-0.15, -0.1) is 0 Å². The van der Waals surface area contributed by atoms with Crippen molar-refractivity contribution in [1.29, 1.82) is 0 Å². The van der Waals surface area contributed by atoms with Crippen molar-refractivity contribution in [2.75, 3.05) is 18.8 Å². The Morgan fingerprint density at radius 3 is 2.48 bits per heavy atom. The van der Waals surface area contributed by atoms with Crippen molar-refractivity contribution in [1.82, 2.24) is 4.90 Å². The van der Waals surface area contributed by atoms with Gasteiger partial charge in [0.15, 0.2) is 9.84 Å². The molecule has 2 rings (SSSR count). The maximum Gasteiger partial charge on any atom is 0.238 e. The predicted molar refractivity (Wildman–Crippen MR) is 83.0 cm³/mol. The minimum absolute atomic E-state index is 0.0986. The monoisotopic (exact) mass is 329 g/mol. The summed E-state index contributed by atoms with van der Waals surface area (Å²) >= 11 is 5.81. The lowest BCUT2D eigenvalue weighted by Gasteiger charge is -2.35. The first-order valence-electron chi connectivity index (χ1n) is 7.04. The normalized spacial score (nSPS) is 23.1. The zero-order valence-corrected chi connectivity index (χ0v) is 13.8.